The van der Waals surface area contributed by atoms with Crippen molar-refractivity contribution in [3.63, 3.8) is 0 Å². The molecule has 6 nitrogen and oxygen atoms in total. The molecule has 1 spiro atoms. The molecule has 1 atom stereocenters. The van der Waals surface area contributed by atoms with E-state index in [-0.39, 0.29) is 23.2 Å². The lowest BCUT2D eigenvalue weighted by molar-refractivity contribution is -0.148. The summed E-state index contributed by atoms with van der Waals surface area (Å²) >= 11 is 0. The van der Waals surface area contributed by atoms with Crippen molar-refractivity contribution in [2.75, 3.05) is 37.6 Å². The molecule has 1 N–H and O–H groups in total. The Morgan fingerprint density at radius 2 is 1.96 bits per heavy atom. The van der Waals surface area contributed by atoms with E-state index in [1.54, 1.807) is 6.07 Å². The summed E-state index contributed by atoms with van der Waals surface area (Å²) in [5.41, 5.74) is -0.131. The number of rotatable bonds is 4. The maximum Gasteiger partial charge on any atom is 0.312 e. The van der Waals surface area contributed by atoms with Gasteiger partial charge in [0.15, 0.2) is 0 Å². The molecule has 25 heavy (non-hydrogen) atoms. The molecule has 1 saturated carbocycles. The Morgan fingerprint density at radius 1 is 1.20 bits per heavy atom. The normalized spacial score (nSPS) is 26.3. The van der Waals surface area contributed by atoms with Crippen LogP contribution in [0, 0.1) is 5.41 Å². The number of cyclic esters (lactones) is 1. The summed E-state index contributed by atoms with van der Waals surface area (Å²) < 4.78 is 5.68. The summed E-state index contributed by atoms with van der Waals surface area (Å²) in [4.78, 5) is 21.2. The zero-order valence-corrected chi connectivity index (χ0v) is 14.7. The summed E-state index contributed by atoms with van der Waals surface area (Å²) in [7, 11) is 0. The van der Waals surface area contributed by atoms with Crippen molar-refractivity contribution in [2.45, 2.75) is 44.6 Å². The quantitative estimate of drug-likeness (QED) is 0.844. The molecule has 3 fully saturated rings. The van der Waals surface area contributed by atoms with Crippen LogP contribution in [0.3, 0.4) is 0 Å². The molecule has 3 heterocycles. The van der Waals surface area contributed by atoms with Crippen LogP contribution in [-0.2, 0) is 9.53 Å². The van der Waals surface area contributed by atoms with Crippen LogP contribution in [0.15, 0.2) is 18.3 Å². The van der Waals surface area contributed by atoms with Gasteiger partial charge in [0.2, 0.25) is 0 Å². The molecule has 2 aliphatic heterocycles. The van der Waals surface area contributed by atoms with Crippen molar-refractivity contribution in [3.8, 4) is 5.75 Å². The van der Waals surface area contributed by atoms with Gasteiger partial charge in [-0.1, -0.05) is 12.8 Å². The number of aromatic hydroxyl groups is 1. The van der Waals surface area contributed by atoms with E-state index in [2.05, 4.69) is 14.8 Å². The van der Waals surface area contributed by atoms with Gasteiger partial charge >= 0.3 is 5.97 Å². The Morgan fingerprint density at radius 3 is 2.64 bits per heavy atom. The SMILES string of the molecule is O=C1OC(CCN2CCN(c3ccc(O)cn3)CC2)CC12CCCC2. The van der Waals surface area contributed by atoms with Gasteiger partial charge in [-0.25, -0.2) is 4.98 Å². The van der Waals surface area contributed by atoms with Crippen molar-refractivity contribution in [3.05, 3.63) is 18.3 Å². The Balaban J connectivity index is 1.23. The lowest BCUT2D eigenvalue weighted by Crippen LogP contribution is -2.47. The zero-order valence-electron chi connectivity index (χ0n) is 14.7. The summed E-state index contributed by atoms with van der Waals surface area (Å²) in [5.74, 6) is 1.19. The van der Waals surface area contributed by atoms with Gasteiger partial charge in [0.25, 0.3) is 0 Å². The Kier molecular flexibility index (Phi) is 4.54. The van der Waals surface area contributed by atoms with E-state index in [1.807, 2.05) is 6.07 Å². The lowest BCUT2D eigenvalue weighted by atomic mass is 9.83. The molecule has 1 aromatic heterocycles. The minimum Gasteiger partial charge on any atom is -0.506 e. The van der Waals surface area contributed by atoms with E-state index >= 15 is 0 Å². The maximum absolute atomic E-state index is 12.2. The number of aromatic nitrogens is 1. The number of esters is 1. The Labute approximate surface area is 148 Å². The maximum atomic E-state index is 12.2. The van der Waals surface area contributed by atoms with Gasteiger partial charge < -0.3 is 14.7 Å². The lowest BCUT2D eigenvalue weighted by Gasteiger charge is -2.35. The van der Waals surface area contributed by atoms with E-state index in [0.717, 1.165) is 64.2 Å². The zero-order chi connectivity index (χ0) is 17.3. The molecular formula is C19H27N3O3. The number of hydrogen-bond acceptors (Lipinski definition) is 6. The number of ether oxygens (including phenoxy) is 1. The van der Waals surface area contributed by atoms with Gasteiger partial charge in [0, 0.05) is 39.1 Å². The number of piperazine rings is 1. The summed E-state index contributed by atoms with van der Waals surface area (Å²) in [5, 5.41) is 9.34. The molecule has 1 aliphatic carbocycles. The van der Waals surface area contributed by atoms with Crippen molar-refractivity contribution in [1.29, 1.82) is 0 Å². The van der Waals surface area contributed by atoms with Gasteiger partial charge in [-0.2, -0.15) is 0 Å². The highest BCUT2D eigenvalue weighted by atomic mass is 16.6. The smallest absolute Gasteiger partial charge is 0.312 e. The van der Waals surface area contributed by atoms with Gasteiger partial charge in [0.05, 0.1) is 11.6 Å². The van der Waals surface area contributed by atoms with Gasteiger partial charge in [-0.05, 0) is 31.4 Å². The molecule has 4 rings (SSSR count). The second-order valence-electron chi connectivity index (χ2n) is 7.71. The highest BCUT2D eigenvalue weighted by Crippen LogP contribution is 2.48. The van der Waals surface area contributed by atoms with Crippen LogP contribution in [0.2, 0.25) is 0 Å². The van der Waals surface area contributed by atoms with Crippen molar-refractivity contribution in [1.82, 2.24) is 9.88 Å². The molecule has 0 bridgehead atoms. The first-order valence-electron chi connectivity index (χ1n) is 9.48. The van der Waals surface area contributed by atoms with Gasteiger partial charge in [-0.3, -0.25) is 9.69 Å². The van der Waals surface area contributed by atoms with Crippen molar-refractivity contribution >= 4 is 11.8 Å². The number of pyridine rings is 1. The van der Waals surface area contributed by atoms with Crippen LogP contribution in [0.5, 0.6) is 5.75 Å². The first kappa shape index (κ1) is 16.6. The fourth-order valence-electron chi connectivity index (χ4n) is 4.55. The van der Waals surface area contributed by atoms with Crippen LogP contribution in [0.1, 0.15) is 38.5 Å². The second kappa shape index (κ2) is 6.83. The summed E-state index contributed by atoms with van der Waals surface area (Å²) in [6, 6.07) is 3.55. The average molecular weight is 345 g/mol. The molecule has 136 valence electrons. The van der Waals surface area contributed by atoms with E-state index < -0.39 is 0 Å². The monoisotopic (exact) mass is 345 g/mol. The van der Waals surface area contributed by atoms with E-state index in [9.17, 15) is 9.90 Å². The highest BCUT2D eigenvalue weighted by molar-refractivity contribution is 5.79. The highest BCUT2D eigenvalue weighted by Gasteiger charge is 2.50. The number of anilines is 1. The molecule has 3 aliphatic rings. The molecular weight excluding hydrogens is 318 g/mol. The molecule has 0 amide bonds. The van der Waals surface area contributed by atoms with Crippen molar-refractivity contribution < 1.29 is 14.6 Å². The van der Waals surface area contributed by atoms with Crippen molar-refractivity contribution in [2.24, 2.45) is 5.41 Å². The van der Waals surface area contributed by atoms with Gasteiger partial charge in [-0.15, -0.1) is 0 Å². The fraction of sp³-hybridized carbons (Fsp3) is 0.684. The molecule has 1 unspecified atom stereocenters. The molecule has 6 heteroatoms. The average Bonchev–Trinajstić information content (AvgIpc) is 3.22. The third-order valence-corrected chi connectivity index (χ3v) is 6.08. The second-order valence-corrected chi connectivity index (χ2v) is 7.71. The standard InChI is InChI=1S/C19H27N3O3/c23-15-3-4-17(20-14-15)22-11-9-21(10-12-22)8-5-16-13-19(18(24)25-16)6-1-2-7-19/h3-4,14,16,23H,1-2,5-13H2. The van der Waals surface area contributed by atoms with Crippen LogP contribution >= 0.6 is 0 Å². The van der Waals surface area contributed by atoms with Crippen LogP contribution in [0.4, 0.5) is 5.82 Å². The number of carbonyl (C=O) groups is 1. The Bertz CT molecular complexity index is 605. The first-order valence-corrected chi connectivity index (χ1v) is 9.48. The summed E-state index contributed by atoms with van der Waals surface area (Å²) in [6.45, 7) is 4.85. The Hall–Kier alpha value is -1.82. The number of nitrogens with zero attached hydrogens (tertiary/aromatic N) is 3. The van der Waals surface area contributed by atoms with E-state index in [0.29, 0.717) is 0 Å². The molecule has 2 saturated heterocycles. The fourth-order valence-corrected chi connectivity index (χ4v) is 4.55. The minimum absolute atomic E-state index is 0.0678. The predicted molar refractivity (Wildman–Crippen MR) is 94.6 cm³/mol. The molecule has 0 radical (unpaired) electrons. The van der Waals surface area contributed by atoms with Crippen LogP contribution in [0.25, 0.3) is 0 Å². The van der Waals surface area contributed by atoms with E-state index in [1.165, 1.54) is 19.0 Å². The van der Waals surface area contributed by atoms with Crippen LogP contribution in [-0.4, -0.2) is 59.8 Å². The third kappa shape index (κ3) is 3.45. The minimum atomic E-state index is -0.131. The molecule has 0 aromatic carbocycles. The topological polar surface area (TPSA) is 65.9 Å². The summed E-state index contributed by atoms with van der Waals surface area (Å²) in [6.07, 6.45) is 7.90. The largest absolute Gasteiger partial charge is 0.506 e. The van der Waals surface area contributed by atoms with Crippen LogP contribution < -0.4 is 4.90 Å². The van der Waals surface area contributed by atoms with Gasteiger partial charge in [0.1, 0.15) is 17.7 Å². The molecule has 1 aromatic rings. The van der Waals surface area contributed by atoms with E-state index in [4.69, 9.17) is 4.74 Å². The predicted octanol–water partition coefficient (Wildman–Crippen LogP) is 2.18. The third-order valence-electron chi connectivity index (χ3n) is 6.08. The number of hydrogen-bond donors (Lipinski definition) is 1. The first-order chi connectivity index (χ1) is 12.1. The number of carbonyl (C=O) groups excluding carboxylic acids is 1.